The smallest absolute Gasteiger partial charge is 0.407 e. The number of halogens is 1. The quantitative estimate of drug-likeness (QED) is 0.109. The molecule has 1 saturated carbocycles. The number of carbonyl (C=O) groups excluding carboxylic acids is 4. The van der Waals surface area contributed by atoms with Gasteiger partial charge in [0.1, 0.15) is 34.6 Å². The van der Waals surface area contributed by atoms with Gasteiger partial charge in [-0.1, -0.05) is 88.7 Å². The zero-order valence-electron chi connectivity index (χ0n) is 35.0. The maximum absolute atomic E-state index is 14.0. The number of fused-ring (bicyclic) bond motifs is 5. The van der Waals surface area contributed by atoms with E-state index in [1.807, 2.05) is 55.7 Å². The number of carbonyl (C=O) groups is 4. The van der Waals surface area contributed by atoms with Crippen LogP contribution in [0, 0.1) is 23.7 Å². The molecule has 7 atom stereocenters. The molecule has 3 aliphatic rings. The van der Waals surface area contributed by atoms with Crippen LogP contribution in [0.4, 0.5) is 9.59 Å². The summed E-state index contributed by atoms with van der Waals surface area (Å²) in [5.74, 6) is 1.25. The molecule has 3 aromatic carbocycles. The Morgan fingerprint density at radius 3 is 2.07 bits per heavy atom. The summed E-state index contributed by atoms with van der Waals surface area (Å²) in [7, 11) is 2.59. The highest BCUT2D eigenvalue weighted by Crippen LogP contribution is 2.51. The number of aromatic amines is 2. The molecule has 1 aliphatic carbocycles. The van der Waals surface area contributed by atoms with E-state index in [0.29, 0.717) is 23.2 Å². The van der Waals surface area contributed by atoms with Gasteiger partial charge in [0.2, 0.25) is 11.8 Å². The summed E-state index contributed by atoms with van der Waals surface area (Å²) in [6.07, 6.45) is 2.36. The first-order valence-corrected chi connectivity index (χ1v) is 21.3. The number of benzene rings is 3. The first-order chi connectivity index (χ1) is 28.8. The molecule has 2 aromatic heterocycles. The predicted molar refractivity (Wildman–Crippen MR) is 229 cm³/mol. The van der Waals surface area contributed by atoms with E-state index >= 15 is 0 Å². The largest absolute Gasteiger partial charge is 0.453 e. The highest BCUT2D eigenvalue weighted by molar-refractivity contribution is 6.32. The van der Waals surface area contributed by atoms with E-state index in [1.165, 1.54) is 14.2 Å². The van der Waals surface area contributed by atoms with Crippen molar-refractivity contribution in [1.82, 2.24) is 40.4 Å². The van der Waals surface area contributed by atoms with Crippen LogP contribution in [-0.4, -0.2) is 92.6 Å². The zero-order chi connectivity index (χ0) is 42.6. The summed E-state index contributed by atoms with van der Waals surface area (Å²) in [6.45, 7) is 10.3. The van der Waals surface area contributed by atoms with Gasteiger partial charge < -0.3 is 39.9 Å². The van der Waals surface area contributed by atoms with Gasteiger partial charge in [-0.3, -0.25) is 9.59 Å². The molecule has 2 saturated heterocycles. The number of nitrogens with zero attached hydrogens (tertiary/aromatic N) is 4. The number of piperidine rings is 1. The van der Waals surface area contributed by atoms with E-state index in [4.69, 9.17) is 31.0 Å². The number of imidazole rings is 2. The van der Waals surface area contributed by atoms with Crippen molar-refractivity contribution >= 4 is 57.4 Å². The summed E-state index contributed by atoms with van der Waals surface area (Å²) in [4.78, 5) is 72.8. The van der Waals surface area contributed by atoms with E-state index in [0.717, 1.165) is 70.0 Å². The monoisotopic (exact) mass is 836 g/mol. The number of likely N-dealkylation sites (tertiary alicyclic amines) is 2. The number of amides is 4. The van der Waals surface area contributed by atoms with Crippen molar-refractivity contribution in [3.05, 3.63) is 71.4 Å². The van der Waals surface area contributed by atoms with Crippen molar-refractivity contribution in [3.63, 3.8) is 0 Å². The Labute approximate surface area is 354 Å². The molecular weight excluding hydrogens is 784 g/mol. The average molecular weight is 837 g/mol. The summed E-state index contributed by atoms with van der Waals surface area (Å²) in [5.41, 5.74) is 5.25. The lowest BCUT2D eigenvalue weighted by molar-refractivity contribution is -0.139. The zero-order valence-corrected chi connectivity index (χ0v) is 35.8. The Bertz CT molecular complexity index is 2440. The van der Waals surface area contributed by atoms with Gasteiger partial charge in [0.05, 0.1) is 37.3 Å². The number of rotatable bonds is 10. The maximum Gasteiger partial charge on any atom is 0.407 e. The summed E-state index contributed by atoms with van der Waals surface area (Å²) >= 11 is 6.84. The molecule has 316 valence electrons. The number of ether oxygens (including phenoxy) is 2. The topological polar surface area (TPSA) is 175 Å². The number of H-pyrrole nitrogens is 2. The van der Waals surface area contributed by atoms with Crippen molar-refractivity contribution in [3.8, 4) is 22.4 Å². The molecule has 2 bridgehead atoms. The molecule has 5 aromatic rings. The molecule has 4 amide bonds. The molecule has 0 radical (unpaired) electrons. The number of methoxy groups -OCH3 is 2. The molecule has 4 N–H and O–H groups in total. The fraction of sp³-hybridized carbons (Fsp3) is 0.467. The molecule has 60 heavy (non-hydrogen) atoms. The van der Waals surface area contributed by atoms with Crippen LogP contribution in [0.2, 0.25) is 5.15 Å². The van der Waals surface area contributed by atoms with Crippen molar-refractivity contribution < 1.29 is 28.7 Å². The Morgan fingerprint density at radius 1 is 0.767 bits per heavy atom. The van der Waals surface area contributed by atoms with Crippen LogP contribution in [0.5, 0.6) is 0 Å². The third kappa shape index (κ3) is 7.43. The van der Waals surface area contributed by atoms with Crippen LogP contribution in [0.1, 0.15) is 84.0 Å². The van der Waals surface area contributed by atoms with E-state index in [1.54, 1.807) is 0 Å². The van der Waals surface area contributed by atoms with Crippen molar-refractivity contribution in [2.75, 3.05) is 20.8 Å². The lowest BCUT2D eigenvalue weighted by Gasteiger charge is -2.37. The van der Waals surface area contributed by atoms with Crippen molar-refractivity contribution in [2.24, 2.45) is 23.7 Å². The Hall–Kier alpha value is -5.63. The predicted octanol–water partition coefficient (Wildman–Crippen LogP) is 8.15. The van der Waals surface area contributed by atoms with Gasteiger partial charge in [0.25, 0.3) is 0 Å². The lowest BCUT2D eigenvalue weighted by atomic mass is 9.95. The third-order valence-corrected chi connectivity index (χ3v) is 13.1. The van der Waals surface area contributed by atoms with Gasteiger partial charge in [-0.15, -0.1) is 0 Å². The van der Waals surface area contributed by atoms with Gasteiger partial charge in [-0.2, -0.15) is 0 Å². The number of alkyl carbamates (subject to hydrolysis) is 2. The van der Waals surface area contributed by atoms with Crippen LogP contribution in [-0.2, 0) is 19.1 Å². The standard InChI is InChI=1S/C45H53ClN8O6/c1-22(2)33(50-44(57)59-6)42(55)53-19-18-24(5)37(53)40-47-32-17-14-28-20-27(13-16-31(28)36(32)49-40)25-8-10-26(11-9-25)35-39(46)52-41(48-35)38-29-12-15-30(21-29)54(38)43(56)34(23(3)4)51-45(58)60-7/h8-11,13-14,16-17,20,22-24,29-30,33-34,37-38H,12,15,18-19,21H2,1-7H3,(H,47,49)(H,48,52)(H,50,57)(H,51,58)/t24?,29-,30+,33-,34-,37-,38-/m0/s1. The third-order valence-electron chi connectivity index (χ3n) is 12.8. The second kappa shape index (κ2) is 16.4. The van der Waals surface area contributed by atoms with Gasteiger partial charge in [0, 0.05) is 23.5 Å². The van der Waals surface area contributed by atoms with Crippen LogP contribution in [0.25, 0.3) is 44.2 Å². The number of aromatic nitrogens is 4. The summed E-state index contributed by atoms with van der Waals surface area (Å²) in [5, 5.41) is 7.91. The minimum atomic E-state index is -0.722. The molecule has 2 aliphatic heterocycles. The lowest BCUT2D eigenvalue weighted by Crippen LogP contribution is -2.54. The van der Waals surface area contributed by atoms with Crippen LogP contribution in [0.15, 0.2) is 54.6 Å². The SMILES string of the molecule is COC(=O)N[C@H](C(=O)N1CCC(C)[C@H]1c1nc2c(ccc3cc(-c4ccc(-c5nc([C@@H]6[C@H]7CC[C@H](C7)N6C(=O)[C@@H](NC(=O)OC)C(C)C)[nH]c5Cl)cc4)ccc32)[nH]1)C(C)C. The number of hydrogen-bond donors (Lipinski definition) is 4. The first-order valence-electron chi connectivity index (χ1n) is 20.9. The second-order valence-electron chi connectivity index (χ2n) is 17.3. The maximum atomic E-state index is 14.0. The summed E-state index contributed by atoms with van der Waals surface area (Å²) in [6, 6.07) is 16.7. The van der Waals surface area contributed by atoms with E-state index in [2.05, 4.69) is 63.9 Å². The molecule has 14 nitrogen and oxygen atoms in total. The average Bonchev–Trinajstić information content (AvgIpc) is 4.09. The number of hydrogen-bond acceptors (Lipinski definition) is 8. The fourth-order valence-corrected chi connectivity index (χ4v) is 9.92. The minimum Gasteiger partial charge on any atom is -0.453 e. The van der Waals surface area contributed by atoms with Crippen LogP contribution < -0.4 is 10.6 Å². The Balaban J connectivity index is 1.02. The minimum absolute atomic E-state index is 0.0748. The summed E-state index contributed by atoms with van der Waals surface area (Å²) < 4.78 is 9.63. The van der Waals surface area contributed by atoms with Gasteiger partial charge in [-0.05, 0) is 78.0 Å². The molecule has 1 unspecified atom stereocenters. The Kier molecular flexibility index (Phi) is 11.3. The molecular formula is C45H53ClN8O6. The normalized spacial score (nSPS) is 22.2. The molecule has 8 rings (SSSR count). The van der Waals surface area contributed by atoms with Crippen LogP contribution >= 0.6 is 11.6 Å². The number of nitrogens with one attached hydrogen (secondary N) is 4. The van der Waals surface area contributed by atoms with Gasteiger partial charge in [-0.25, -0.2) is 19.6 Å². The van der Waals surface area contributed by atoms with Crippen molar-refractivity contribution in [2.45, 2.75) is 90.5 Å². The van der Waals surface area contributed by atoms with Gasteiger partial charge in [0.15, 0.2) is 0 Å². The van der Waals surface area contributed by atoms with Crippen molar-refractivity contribution in [1.29, 1.82) is 0 Å². The highest BCUT2D eigenvalue weighted by Gasteiger charge is 2.52. The molecule has 15 heteroatoms. The van der Waals surface area contributed by atoms with Crippen LogP contribution in [0.3, 0.4) is 0 Å². The molecule has 4 heterocycles. The fourth-order valence-electron chi connectivity index (χ4n) is 9.67. The van der Waals surface area contributed by atoms with E-state index in [-0.39, 0.29) is 53.6 Å². The Morgan fingerprint density at radius 2 is 1.40 bits per heavy atom. The second-order valence-corrected chi connectivity index (χ2v) is 17.6. The van der Waals surface area contributed by atoms with E-state index < -0.39 is 24.3 Å². The molecule has 3 fully saturated rings. The van der Waals surface area contributed by atoms with E-state index in [9.17, 15) is 19.2 Å². The first kappa shape index (κ1) is 41.1. The highest BCUT2D eigenvalue weighted by atomic mass is 35.5. The molecule has 0 spiro atoms. The van der Waals surface area contributed by atoms with Gasteiger partial charge >= 0.3 is 12.2 Å².